The summed E-state index contributed by atoms with van der Waals surface area (Å²) in [6, 6.07) is 7.62. The fraction of sp³-hybridized carbons (Fsp3) is 0.231. The van der Waals surface area contributed by atoms with Crippen molar-refractivity contribution in [3.8, 4) is 5.75 Å². The molecular weight excluding hydrogens is 214 g/mol. The van der Waals surface area contributed by atoms with E-state index in [1.807, 2.05) is 18.3 Å². The first kappa shape index (κ1) is 11.5. The lowest BCUT2D eigenvalue weighted by molar-refractivity contribution is 0.471. The Balaban J connectivity index is 1.92. The number of nitrogens with one attached hydrogen (secondary N) is 1. The molecule has 0 radical (unpaired) electrons. The maximum Gasteiger partial charge on any atom is 0.133 e. The molecule has 2 aromatic rings. The number of hydrogen-bond acceptors (Lipinski definition) is 4. The van der Waals surface area contributed by atoms with Gasteiger partial charge in [0.25, 0.3) is 0 Å². The number of nitrogens with zero attached hydrogens (tertiary/aromatic N) is 2. The Kier molecular flexibility index (Phi) is 3.67. The van der Waals surface area contributed by atoms with Gasteiger partial charge in [-0.3, -0.25) is 9.97 Å². The van der Waals surface area contributed by atoms with Crippen LogP contribution in [0, 0.1) is 0 Å². The highest BCUT2D eigenvalue weighted by atomic mass is 16.3. The van der Waals surface area contributed by atoms with E-state index in [4.69, 9.17) is 5.11 Å². The molecule has 2 aromatic heterocycles. The number of aromatic nitrogens is 2. The van der Waals surface area contributed by atoms with E-state index in [1.54, 1.807) is 18.3 Å². The maximum absolute atomic E-state index is 9.12. The Morgan fingerprint density at radius 3 is 2.82 bits per heavy atom. The van der Waals surface area contributed by atoms with Gasteiger partial charge in [-0.1, -0.05) is 6.07 Å². The van der Waals surface area contributed by atoms with Crippen LogP contribution in [0.4, 0.5) is 0 Å². The van der Waals surface area contributed by atoms with Crippen molar-refractivity contribution in [2.75, 3.05) is 0 Å². The second kappa shape index (κ2) is 5.41. The molecule has 0 amide bonds. The van der Waals surface area contributed by atoms with Crippen LogP contribution in [0.1, 0.15) is 24.2 Å². The summed E-state index contributed by atoms with van der Waals surface area (Å²) in [5, 5.41) is 12.5. The molecule has 88 valence electrons. The van der Waals surface area contributed by atoms with E-state index >= 15 is 0 Å². The van der Waals surface area contributed by atoms with Gasteiger partial charge in [0.1, 0.15) is 5.75 Å². The topological polar surface area (TPSA) is 58.0 Å². The van der Waals surface area contributed by atoms with E-state index in [2.05, 4.69) is 22.2 Å². The molecule has 0 bridgehead atoms. The smallest absolute Gasteiger partial charge is 0.133 e. The minimum Gasteiger partial charge on any atom is -0.506 e. The quantitative estimate of drug-likeness (QED) is 0.842. The van der Waals surface area contributed by atoms with E-state index in [0.29, 0.717) is 6.54 Å². The molecule has 2 N–H and O–H groups in total. The van der Waals surface area contributed by atoms with Gasteiger partial charge in [0.05, 0.1) is 11.9 Å². The minimum absolute atomic E-state index is 0.189. The minimum atomic E-state index is 0.189. The molecule has 4 nitrogen and oxygen atoms in total. The summed E-state index contributed by atoms with van der Waals surface area (Å²) in [6.45, 7) is 2.74. The molecule has 2 rings (SSSR count). The predicted octanol–water partition coefficient (Wildman–Crippen LogP) is 2.03. The zero-order valence-corrected chi connectivity index (χ0v) is 9.67. The van der Waals surface area contributed by atoms with Crippen LogP contribution >= 0.6 is 0 Å². The predicted molar refractivity (Wildman–Crippen MR) is 65.4 cm³/mol. The largest absolute Gasteiger partial charge is 0.506 e. The van der Waals surface area contributed by atoms with Gasteiger partial charge < -0.3 is 10.4 Å². The Labute approximate surface area is 100 Å². The summed E-state index contributed by atoms with van der Waals surface area (Å²) in [4.78, 5) is 8.20. The average molecular weight is 229 g/mol. The molecule has 0 spiro atoms. The van der Waals surface area contributed by atoms with Crippen LogP contribution in [0.15, 0.2) is 42.9 Å². The van der Waals surface area contributed by atoms with Crippen LogP contribution < -0.4 is 5.32 Å². The molecule has 0 saturated heterocycles. The monoisotopic (exact) mass is 229 g/mol. The summed E-state index contributed by atoms with van der Waals surface area (Å²) < 4.78 is 0. The van der Waals surface area contributed by atoms with Gasteiger partial charge in [-0.25, -0.2) is 0 Å². The summed E-state index contributed by atoms with van der Waals surface area (Å²) in [5.74, 6) is 0.189. The fourth-order valence-corrected chi connectivity index (χ4v) is 1.53. The second-order valence-electron chi connectivity index (χ2n) is 3.90. The van der Waals surface area contributed by atoms with Crippen LogP contribution in [0.25, 0.3) is 0 Å². The van der Waals surface area contributed by atoms with Crippen LogP contribution in [0.5, 0.6) is 5.75 Å². The standard InChI is InChI=1S/C13H15N3O/c1-10(11-3-2-6-14-7-11)15-8-12-4-5-13(17)9-16-12/h2-7,9-10,15,17H,8H2,1H3. The van der Waals surface area contributed by atoms with Gasteiger partial charge in [-0.15, -0.1) is 0 Å². The molecule has 1 atom stereocenters. The molecule has 4 heteroatoms. The SMILES string of the molecule is CC(NCc1ccc(O)cn1)c1cccnc1. The summed E-state index contributed by atoms with van der Waals surface area (Å²) in [5.41, 5.74) is 2.05. The third-order valence-corrected chi connectivity index (χ3v) is 2.58. The Morgan fingerprint density at radius 2 is 2.18 bits per heavy atom. The lowest BCUT2D eigenvalue weighted by atomic mass is 10.1. The zero-order valence-electron chi connectivity index (χ0n) is 9.67. The van der Waals surface area contributed by atoms with Gasteiger partial charge in [-0.05, 0) is 30.7 Å². The van der Waals surface area contributed by atoms with Gasteiger partial charge in [0.2, 0.25) is 0 Å². The lowest BCUT2D eigenvalue weighted by Gasteiger charge is -2.13. The van der Waals surface area contributed by atoms with Crippen molar-refractivity contribution in [1.82, 2.24) is 15.3 Å². The first-order chi connectivity index (χ1) is 8.25. The maximum atomic E-state index is 9.12. The van der Waals surface area contributed by atoms with Gasteiger partial charge in [0, 0.05) is 25.0 Å². The van der Waals surface area contributed by atoms with Crippen molar-refractivity contribution in [2.45, 2.75) is 19.5 Å². The average Bonchev–Trinajstić information content (AvgIpc) is 2.39. The van der Waals surface area contributed by atoms with Crippen LogP contribution in [0.3, 0.4) is 0 Å². The number of rotatable bonds is 4. The molecule has 17 heavy (non-hydrogen) atoms. The van der Waals surface area contributed by atoms with Gasteiger partial charge in [0.15, 0.2) is 0 Å². The molecule has 1 unspecified atom stereocenters. The van der Waals surface area contributed by atoms with Crippen molar-refractivity contribution >= 4 is 0 Å². The van der Waals surface area contributed by atoms with Gasteiger partial charge in [-0.2, -0.15) is 0 Å². The Morgan fingerprint density at radius 1 is 1.29 bits per heavy atom. The van der Waals surface area contributed by atoms with Crippen LogP contribution in [-0.2, 0) is 6.54 Å². The molecule has 0 fully saturated rings. The van der Waals surface area contributed by atoms with Crippen LogP contribution in [-0.4, -0.2) is 15.1 Å². The highest BCUT2D eigenvalue weighted by molar-refractivity contribution is 5.18. The van der Waals surface area contributed by atoms with E-state index in [-0.39, 0.29) is 11.8 Å². The van der Waals surface area contributed by atoms with Gasteiger partial charge >= 0.3 is 0 Å². The van der Waals surface area contributed by atoms with E-state index in [1.165, 1.54) is 6.20 Å². The first-order valence-electron chi connectivity index (χ1n) is 5.53. The molecular formula is C13H15N3O. The van der Waals surface area contributed by atoms with Crippen molar-refractivity contribution < 1.29 is 5.11 Å². The highest BCUT2D eigenvalue weighted by Crippen LogP contribution is 2.11. The van der Waals surface area contributed by atoms with Crippen molar-refractivity contribution in [3.63, 3.8) is 0 Å². The molecule has 0 saturated carbocycles. The second-order valence-corrected chi connectivity index (χ2v) is 3.90. The van der Waals surface area contributed by atoms with Crippen LogP contribution in [0.2, 0.25) is 0 Å². The summed E-state index contributed by atoms with van der Waals surface area (Å²) >= 11 is 0. The Bertz CT molecular complexity index is 456. The molecule has 0 aromatic carbocycles. The van der Waals surface area contributed by atoms with Crippen molar-refractivity contribution in [3.05, 3.63) is 54.1 Å². The molecule has 2 heterocycles. The molecule has 0 aliphatic heterocycles. The van der Waals surface area contributed by atoms with Crippen molar-refractivity contribution in [1.29, 1.82) is 0 Å². The third kappa shape index (κ3) is 3.26. The molecule has 0 aliphatic rings. The third-order valence-electron chi connectivity index (χ3n) is 2.58. The number of pyridine rings is 2. The molecule has 0 aliphatic carbocycles. The fourth-order valence-electron chi connectivity index (χ4n) is 1.53. The van der Waals surface area contributed by atoms with E-state index in [9.17, 15) is 0 Å². The zero-order chi connectivity index (χ0) is 12.1. The summed E-state index contributed by atoms with van der Waals surface area (Å²) in [7, 11) is 0. The van der Waals surface area contributed by atoms with E-state index in [0.717, 1.165) is 11.3 Å². The van der Waals surface area contributed by atoms with Crippen molar-refractivity contribution in [2.24, 2.45) is 0 Å². The number of aromatic hydroxyl groups is 1. The Hall–Kier alpha value is -1.94. The summed E-state index contributed by atoms with van der Waals surface area (Å²) in [6.07, 6.45) is 5.06. The van der Waals surface area contributed by atoms with E-state index < -0.39 is 0 Å². The normalized spacial score (nSPS) is 12.3. The lowest BCUT2D eigenvalue weighted by Crippen LogP contribution is -2.18. The number of hydrogen-bond donors (Lipinski definition) is 2. The first-order valence-corrected chi connectivity index (χ1v) is 5.53. The highest BCUT2D eigenvalue weighted by Gasteiger charge is 2.04.